The average molecular weight is 241 g/mol. The van der Waals surface area contributed by atoms with Crippen LogP contribution in [0.5, 0.6) is 0 Å². The van der Waals surface area contributed by atoms with Crippen molar-refractivity contribution in [1.82, 2.24) is 10.2 Å². The molecule has 2 atom stereocenters. The number of amides is 1. The lowest BCUT2D eigenvalue weighted by atomic mass is 9.87. The van der Waals surface area contributed by atoms with Gasteiger partial charge in [-0.2, -0.15) is 0 Å². The van der Waals surface area contributed by atoms with E-state index in [1.165, 1.54) is 12.8 Å². The van der Waals surface area contributed by atoms with Crippen molar-refractivity contribution >= 4 is 5.91 Å². The monoisotopic (exact) mass is 241 g/mol. The summed E-state index contributed by atoms with van der Waals surface area (Å²) >= 11 is 0. The minimum Gasteiger partial charge on any atom is -0.368 e. The molecule has 0 aromatic rings. The zero-order valence-electron chi connectivity index (χ0n) is 11.8. The van der Waals surface area contributed by atoms with Crippen molar-refractivity contribution in [2.24, 2.45) is 11.1 Å². The Labute approximate surface area is 105 Å². The maximum atomic E-state index is 11.4. The van der Waals surface area contributed by atoms with E-state index in [0.29, 0.717) is 18.6 Å². The molecule has 3 N–H and O–H groups in total. The third-order valence-corrected chi connectivity index (χ3v) is 3.74. The fourth-order valence-electron chi connectivity index (χ4n) is 1.87. The highest BCUT2D eigenvalue weighted by atomic mass is 16.1. The van der Waals surface area contributed by atoms with Crippen LogP contribution in [0.25, 0.3) is 0 Å². The predicted molar refractivity (Wildman–Crippen MR) is 70.7 cm³/mol. The van der Waals surface area contributed by atoms with E-state index in [0.717, 1.165) is 0 Å². The van der Waals surface area contributed by atoms with Gasteiger partial charge in [-0.1, -0.05) is 20.8 Å². The molecule has 0 aliphatic heterocycles. The number of nitrogens with zero attached hydrogens (tertiary/aromatic N) is 1. The number of hydrogen-bond acceptors (Lipinski definition) is 3. The Balaban J connectivity index is 2.50. The van der Waals surface area contributed by atoms with E-state index in [4.69, 9.17) is 5.73 Å². The van der Waals surface area contributed by atoms with Gasteiger partial charge in [-0.3, -0.25) is 4.79 Å². The van der Waals surface area contributed by atoms with Crippen LogP contribution >= 0.6 is 0 Å². The van der Waals surface area contributed by atoms with E-state index in [9.17, 15) is 4.79 Å². The van der Waals surface area contributed by atoms with Crippen LogP contribution in [0.3, 0.4) is 0 Å². The van der Waals surface area contributed by atoms with Gasteiger partial charge in [0, 0.05) is 18.6 Å². The summed E-state index contributed by atoms with van der Waals surface area (Å²) in [6.45, 7) is 9.50. The van der Waals surface area contributed by atoms with E-state index in [1.54, 1.807) is 0 Å². The molecule has 1 fully saturated rings. The molecule has 0 aromatic heterocycles. The maximum Gasteiger partial charge on any atom is 0.235 e. The largest absolute Gasteiger partial charge is 0.368 e. The van der Waals surface area contributed by atoms with Gasteiger partial charge < -0.3 is 16.0 Å². The second-order valence-electron chi connectivity index (χ2n) is 6.38. The molecule has 0 radical (unpaired) electrons. The van der Waals surface area contributed by atoms with Gasteiger partial charge in [0.05, 0.1) is 6.04 Å². The Hall–Kier alpha value is -0.610. The summed E-state index contributed by atoms with van der Waals surface area (Å²) < 4.78 is 0. The Morgan fingerprint density at radius 1 is 1.47 bits per heavy atom. The van der Waals surface area contributed by atoms with Crippen LogP contribution in [0.2, 0.25) is 0 Å². The number of carbonyl (C=O) groups is 1. The van der Waals surface area contributed by atoms with Gasteiger partial charge in [0.1, 0.15) is 0 Å². The molecule has 0 heterocycles. The fourth-order valence-corrected chi connectivity index (χ4v) is 1.87. The molecule has 0 saturated heterocycles. The van der Waals surface area contributed by atoms with Crippen LogP contribution in [0.4, 0.5) is 0 Å². The van der Waals surface area contributed by atoms with Crippen LogP contribution < -0.4 is 11.1 Å². The second-order valence-corrected chi connectivity index (χ2v) is 6.38. The number of likely N-dealkylation sites (N-methyl/N-ethyl adjacent to an activating group) is 1. The van der Waals surface area contributed by atoms with E-state index in [1.807, 2.05) is 0 Å². The number of rotatable bonds is 6. The standard InChI is InChI=1S/C13H27N3O/c1-9(13(2,3)4)16(5)8-11(12(14)17)15-10-6-7-10/h9-11,15H,6-8H2,1-5H3,(H2,14,17). The van der Waals surface area contributed by atoms with Gasteiger partial charge >= 0.3 is 0 Å². The number of hydrogen-bond donors (Lipinski definition) is 2. The molecule has 1 amide bonds. The van der Waals surface area contributed by atoms with Crippen molar-refractivity contribution in [3.8, 4) is 0 Å². The molecule has 1 aliphatic rings. The summed E-state index contributed by atoms with van der Waals surface area (Å²) in [5, 5.41) is 3.31. The molecule has 1 rings (SSSR count). The average Bonchev–Trinajstić information content (AvgIpc) is 2.97. The maximum absolute atomic E-state index is 11.4. The molecule has 0 spiro atoms. The molecule has 4 nitrogen and oxygen atoms in total. The molecule has 1 saturated carbocycles. The van der Waals surface area contributed by atoms with Crippen LogP contribution in [-0.2, 0) is 4.79 Å². The Bertz CT molecular complexity index is 268. The highest BCUT2D eigenvalue weighted by Gasteiger charge is 2.30. The topological polar surface area (TPSA) is 58.4 Å². The molecule has 4 heteroatoms. The number of carbonyl (C=O) groups excluding carboxylic acids is 1. The van der Waals surface area contributed by atoms with E-state index in [-0.39, 0.29) is 17.4 Å². The van der Waals surface area contributed by atoms with Gasteiger partial charge in [-0.05, 0) is 32.2 Å². The lowest BCUT2D eigenvalue weighted by Crippen LogP contribution is -2.52. The normalized spacial score (nSPS) is 20.4. The fraction of sp³-hybridized carbons (Fsp3) is 0.923. The summed E-state index contributed by atoms with van der Waals surface area (Å²) in [6.07, 6.45) is 2.34. The van der Waals surface area contributed by atoms with E-state index >= 15 is 0 Å². The van der Waals surface area contributed by atoms with Gasteiger partial charge in [-0.15, -0.1) is 0 Å². The van der Waals surface area contributed by atoms with Crippen molar-refractivity contribution in [1.29, 1.82) is 0 Å². The van der Waals surface area contributed by atoms with E-state index < -0.39 is 0 Å². The van der Waals surface area contributed by atoms with Crippen molar-refractivity contribution in [2.75, 3.05) is 13.6 Å². The lowest BCUT2D eigenvalue weighted by molar-refractivity contribution is -0.120. The van der Waals surface area contributed by atoms with Crippen molar-refractivity contribution in [3.05, 3.63) is 0 Å². The SMILES string of the molecule is CC(N(C)CC(NC1CC1)C(N)=O)C(C)(C)C. The summed E-state index contributed by atoms with van der Waals surface area (Å²) in [4.78, 5) is 13.6. The lowest BCUT2D eigenvalue weighted by Gasteiger charge is -2.36. The first-order valence-electron chi connectivity index (χ1n) is 6.47. The number of nitrogens with two attached hydrogens (primary N) is 1. The zero-order valence-corrected chi connectivity index (χ0v) is 11.8. The van der Waals surface area contributed by atoms with Crippen LogP contribution in [-0.4, -0.2) is 42.5 Å². The van der Waals surface area contributed by atoms with Gasteiger partial charge in [-0.25, -0.2) is 0 Å². The van der Waals surface area contributed by atoms with Crippen LogP contribution in [0.1, 0.15) is 40.5 Å². The first kappa shape index (κ1) is 14.5. The molecular weight excluding hydrogens is 214 g/mol. The Kier molecular flexibility index (Phi) is 4.55. The van der Waals surface area contributed by atoms with Crippen LogP contribution in [0, 0.1) is 5.41 Å². The quantitative estimate of drug-likeness (QED) is 0.728. The third-order valence-electron chi connectivity index (χ3n) is 3.74. The first-order valence-corrected chi connectivity index (χ1v) is 6.47. The Morgan fingerprint density at radius 3 is 2.35 bits per heavy atom. The molecule has 1 aliphatic carbocycles. The molecule has 0 bridgehead atoms. The Morgan fingerprint density at radius 2 is 2.00 bits per heavy atom. The molecule has 100 valence electrons. The summed E-state index contributed by atoms with van der Waals surface area (Å²) in [7, 11) is 2.06. The number of primary amides is 1. The van der Waals surface area contributed by atoms with E-state index in [2.05, 4.69) is 45.0 Å². The molecule has 0 aromatic carbocycles. The summed E-state index contributed by atoms with van der Waals surface area (Å²) in [5.74, 6) is -0.246. The van der Waals surface area contributed by atoms with Crippen LogP contribution in [0.15, 0.2) is 0 Å². The second kappa shape index (κ2) is 5.36. The van der Waals surface area contributed by atoms with Crippen molar-refractivity contribution in [3.63, 3.8) is 0 Å². The number of nitrogens with one attached hydrogen (secondary N) is 1. The van der Waals surface area contributed by atoms with Crippen molar-refractivity contribution < 1.29 is 4.79 Å². The highest BCUT2D eigenvalue weighted by Crippen LogP contribution is 2.24. The van der Waals surface area contributed by atoms with Crippen molar-refractivity contribution in [2.45, 2.75) is 58.7 Å². The summed E-state index contributed by atoms with van der Waals surface area (Å²) in [5.41, 5.74) is 5.65. The highest BCUT2D eigenvalue weighted by molar-refractivity contribution is 5.80. The molecular formula is C13H27N3O. The predicted octanol–water partition coefficient (Wildman–Crippen LogP) is 0.959. The minimum absolute atomic E-state index is 0.205. The summed E-state index contributed by atoms with van der Waals surface area (Å²) in [6, 6.07) is 0.688. The third kappa shape index (κ3) is 4.64. The van der Waals surface area contributed by atoms with Gasteiger partial charge in [0.25, 0.3) is 0 Å². The molecule has 17 heavy (non-hydrogen) atoms. The van der Waals surface area contributed by atoms with Gasteiger partial charge in [0.15, 0.2) is 0 Å². The zero-order chi connectivity index (χ0) is 13.2. The minimum atomic E-state index is -0.246. The first-order chi connectivity index (χ1) is 7.71. The van der Waals surface area contributed by atoms with Gasteiger partial charge in [0.2, 0.25) is 5.91 Å². The smallest absolute Gasteiger partial charge is 0.235 e. The molecule has 2 unspecified atom stereocenters.